The number of amides is 1. The molecule has 7 heteroatoms. The average molecular weight is 479 g/mol. The van der Waals surface area contributed by atoms with Gasteiger partial charge in [-0.25, -0.2) is 0 Å². The van der Waals surface area contributed by atoms with Crippen LogP contribution in [0.1, 0.15) is 29.9 Å². The number of aryl methyl sites for hydroxylation is 2. The molecule has 4 aromatic rings. The minimum atomic E-state index is -0.468. The van der Waals surface area contributed by atoms with E-state index in [2.05, 4.69) is 26.3 Å². The van der Waals surface area contributed by atoms with Crippen molar-refractivity contribution in [3.8, 4) is 5.69 Å². The lowest BCUT2D eigenvalue weighted by Gasteiger charge is -2.18. The van der Waals surface area contributed by atoms with Crippen molar-refractivity contribution < 1.29 is 4.79 Å². The molecule has 0 aliphatic heterocycles. The number of aromatic nitrogens is 3. The molecule has 0 bridgehead atoms. The molecule has 2 heterocycles. The monoisotopic (exact) mass is 478 g/mol. The van der Waals surface area contributed by atoms with E-state index < -0.39 is 6.04 Å². The predicted molar refractivity (Wildman–Crippen MR) is 126 cm³/mol. The maximum absolute atomic E-state index is 13.2. The van der Waals surface area contributed by atoms with E-state index in [1.807, 2.05) is 79.9 Å². The Kier molecular flexibility index (Phi) is 5.78. The third-order valence-corrected chi connectivity index (χ3v) is 6.07. The van der Waals surface area contributed by atoms with Gasteiger partial charge in [-0.1, -0.05) is 46.3 Å². The van der Waals surface area contributed by atoms with Gasteiger partial charge in [0.2, 0.25) is 5.91 Å². The van der Waals surface area contributed by atoms with E-state index in [0.29, 0.717) is 17.6 Å². The predicted octanol–water partition coefficient (Wildman–Crippen LogP) is 4.44. The Morgan fingerprint density at radius 1 is 1.10 bits per heavy atom. The zero-order valence-electron chi connectivity index (χ0n) is 17.6. The molecule has 0 saturated heterocycles. The third kappa shape index (κ3) is 3.93. The van der Waals surface area contributed by atoms with E-state index in [0.717, 1.165) is 26.8 Å². The van der Waals surface area contributed by atoms with Gasteiger partial charge in [0.05, 0.1) is 17.3 Å². The Morgan fingerprint density at radius 3 is 2.55 bits per heavy atom. The van der Waals surface area contributed by atoms with Crippen LogP contribution in [0.2, 0.25) is 0 Å². The fourth-order valence-electron chi connectivity index (χ4n) is 4.01. The molecule has 0 aliphatic carbocycles. The molecule has 0 saturated carbocycles. The Hall–Kier alpha value is -3.19. The number of para-hydroxylation sites is 1. The van der Waals surface area contributed by atoms with Crippen LogP contribution >= 0.6 is 15.9 Å². The molecular formula is C24H23BrN4O2. The van der Waals surface area contributed by atoms with Gasteiger partial charge in [0.25, 0.3) is 5.56 Å². The van der Waals surface area contributed by atoms with Crippen LogP contribution in [0.3, 0.4) is 0 Å². The van der Waals surface area contributed by atoms with Gasteiger partial charge in [-0.3, -0.25) is 9.59 Å². The highest BCUT2D eigenvalue weighted by molar-refractivity contribution is 9.10. The molecule has 6 nitrogen and oxygen atoms in total. The lowest BCUT2D eigenvalue weighted by atomic mass is 10.2. The molecule has 31 heavy (non-hydrogen) atoms. The van der Waals surface area contributed by atoms with E-state index >= 15 is 0 Å². The van der Waals surface area contributed by atoms with Crippen molar-refractivity contribution in [3.05, 3.63) is 92.6 Å². The van der Waals surface area contributed by atoms with Gasteiger partial charge in [0, 0.05) is 27.8 Å². The van der Waals surface area contributed by atoms with Crippen molar-refractivity contribution in [1.29, 1.82) is 0 Å². The highest BCUT2D eigenvalue weighted by Crippen LogP contribution is 2.26. The van der Waals surface area contributed by atoms with Gasteiger partial charge in [-0.2, -0.15) is 9.78 Å². The summed E-state index contributed by atoms with van der Waals surface area (Å²) in [6.45, 7) is 6.08. The minimum Gasteiger partial charge on any atom is -0.350 e. The number of fused-ring (bicyclic) bond motifs is 1. The lowest BCUT2D eigenvalue weighted by Crippen LogP contribution is -2.31. The molecule has 0 radical (unpaired) electrons. The van der Waals surface area contributed by atoms with Crippen LogP contribution in [0.15, 0.2) is 70.1 Å². The zero-order valence-corrected chi connectivity index (χ0v) is 19.2. The van der Waals surface area contributed by atoms with Crippen molar-refractivity contribution in [2.45, 2.75) is 33.4 Å². The van der Waals surface area contributed by atoms with E-state index in [1.54, 1.807) is 6.20 Å². The molecule has 0 spiro atoms. The molecule has 1 amide bonds. The molecule has 0 aliphatic rings. The second-order valence-corrected chi connectivity index (χ2v) is 8.47. The van der Waals surface area contributed by atoms with E-state index in [4.69, 9.17) is 0 Å². The molecule has 1 N–H and O–H groups in total. The first kappa shape index (κ1) is 21.1. The van der Waals surface area contributed by atoms with Crippen LogP contribution in [0.4, 0.5) is 0 Å². The summed E-state index contributed by atoms with van der Waals surface area (Å²) in [6, 6.07) is 16.7. The number of nitrogens with zero attached hydrogens (tertiary/aromatic N) is 3. The van der Waals surface area contributed by atoms with Crippen LogP contribution in [0.5, 0.6) is 0 Å². The fraction of sp³-hybridized carbons (Fsp3) is 0.208. The summed E-state index contributed by atoms with van der Waals surface area (Å²) < 4.78 is 4.29. The molecule has 0 unspecified atom stereocenters. The Bertz CT molecular complexity index is 1320. The maximum Gasteiger partial charge on any atom is 0.281 e. The number of halogens is 1. The average Bonchev–Trinajstić information content (AvgIpc) is 3.03. The van der Waals surface area contributed by atoms with Crippen LogP contribution in [0.25, 0.3) is 16.5 Å². The SMILES string of the molecule is Cc1c2cnn(-c3ccccc3)c(=O)c2c(C)n1[C@H](C)C(=O)NCc1cccc(Br)c1. The molecule has 2 aromatic heterocycles. The van der Waals surface area contributed by atoms with Crippen LogP contribution in [0, 0.1) is 13.8 Å². The van der Waals surface area contributed by atoms with Crippen molar-refractivity contribution in [1.82, 2.24) is 19.7 Å². The lowest BCUT2D eigenvalue weighted by molar-refractivity contribution is -0.124. The Morgan fingerprint density at radius 2 is 1.84 bits per heavy atom. The zero-order chi connectivity index (χ0) is 22.1. The van der Waals surface area contributed by atoms with Gasteiger partial charge >= 0.3 is 0 Å². The van der Waals surface area contributed by atoms with Crippen LogP contribution in [-0.2, 0) is 11.3 Å². The van der Waals surface area contributed by atoms with E-state index in [1.165, 1.54) is 4.68 Å². The summed E-state index contributed by atoms with van der Waals surface area (Å²) in [5, 5.41) is 8.71. The molecule has 0 fully saturated rings. The third-order valence-electron chi connectivity index (χ3n) is 5.58. The molecule has 4 rings (SSSR count). The Labute approximate surface area is 188 Å². The van der Waals surface area contributed by atoms with Crippen LogP contribution in [-0.4, -0.2) is 20.3 Å². The summed E-state index contributed by atoms with van der Waals surface area (Å²) in [5.41, 5.74) is 3.14. The summed E-state index contributed by atoms with van der Waals surface area (Å²) in [7, 11) is 0. The van der Waals surface area contributed by atoms with Crippen molar-refractivity contribution in [2.24, 2.45) is 0 Å². The minimum absolute atomic E-state index is 0.108. The fourth-order valence-corrected chi connectivity index (χ4v) is 4.46. The van der Waals surface area contributed by atoms with Gasteiger partial charge in [-0.05, 0) is 50.6 Å². The van der Waals surface area contributed by atoms with Crippen molar-refractivity contribution >= 4 is 32.6 Å². The second kappa shape index (κ2) is 8.51. The van der Waals surface area contributed by atoms with Gasteiger partial charge in [0.1, 0.15) is 6.04 Å². The number of carbonyl (C=O) groups excluding carboxylic acids is 1. The largest absolute Gasteiger partial charge is 0.350 e. The topological polar surface area (TPSA) is 68.9 Å². The number of benzene rings is 2. The Balaban J connectivity index is 1.68. The quantitative estimate of drug-likeness (QED) is 0.460. The van der Waals surface area contributed by atoms with E-state index in [9.17, 15) is 9.59 Å². The maximum atomic E-state index is 13.2. The summed E-state index contributed by atoms with van der Waals surface area (Å²) in [5.74, 6) is -0.108. The van der Waals surface area contributed by atoms with Gasteiger partial charge in [-0.15, -0.1) is 0 Å². The first-order valence-corrected chi connectivity index (χ1v) is 10.8. The standard InChI is InChI=1S/C24H23BrN4O2/c1-15-21-14-27-29(20-10-5-4-6-11-20)24(31)22(21)16(2)28(15)17(3)23(30)26-13-18-8-7-9-19(25)12-18/h4-12,14,17H,13H2,1-3H3,(H,26,30)/t17-/m1/s1. The van der Waals surface area contributed by atoms with Crippen molar-refractivity contribution in [3.63, 3.8) is 0 Å². The van der Waals surface area contributed by atoms with Crippen molar-refractivity contribution in [2.75, 3.05) is 0 Å². The van der Waals surface area contributed by atoms with Crippen LogP contribution < -0.4 is 10.9 Å². The molecule has 158 valence electrons. The number of hydrogen-bond acceptors (Lipinski definition) is 3. The first-order valence-electron chi connectivity index (χ1n) is 10.1. The summed E-state index contributed by atoms with van der Waals surface area (Å²) in [6.07, 6.45) is 1.70. The molecule has 1 atom stereocenters. The number of hydrogen-bond donors (Lipinski definition) is 1. The molecule has 2 aromatic carbocycles. The highest BCUT2D eigenvalue weighted by atomic mass is 79.9. The molecular weight excluding hydrogens is 456 g/mol. The summed E-state index contributed by atoms with van der Waals surface area (Å²) >= 11 is 3.45. The summed E-state index contributed by atoms with van der Waals surface area (Å²) in [4.78, 5) is 26.1. The number of nitrogens with one attached hydrogen (secondary N) is 1. The highest BCUT2D eigenvalue weighted by Gasteiger charge is 2.23. The first-order chi connectivity index (χ1) is 14.9. The van der Waals surface area contributed by atoms with Gasteiger partial charge < -0.3 is 9.88 Å². The second-order valence-electron chi connectivity index (χ2n) is 7.55. The van der Waals surface area contributed by atoms with E-state index in [-0.39, 0.29) is 11.5 Å². The smallest absolute Gasteiger partial charge is 0.281 e. The van der Waals surface area contributed by atoms with Gasteiger partial charge in [0.15, 0.2) is 0 Å². The number of rotatable bonds is 5. The normalized spacial score (nSPS) is 12.1. The number of carbonyl (C=O) groups is 1.